The lowest BCUT2D eigenvalue weighted by atomic mass is 10.1. The van der Waals surface area contributed by atoms with Crippen molar-refractivity contribution in [2.24, 2.45) is 5.11 Å². The first kappa shape index (κ1) is 11.0. The number of amides is 1. The number of nitrogens with zero attached hydrogens (tertiary/aromatic N) is 3. The van der Waals surface area contributed by atoms with Gasteiger partial charge in [-0.3, -0.25) is 4.79 Å². The van der Waals surface area contributed by atoms with Crippen LogP contribution in [0.4, 0.5) is 11.4 Å². The van der Waals surface area contributed by atoms with E-state index in [4.69, 9.17) is 5.53 Å². The molecule has 0 unspecified atom stereocenters. The van der Waals surface area contributed by atoms with Crippen LogP contribution in [0.3, 0.4) is 0 Å². The maximum atomic E-state index is 11.1. The van der Waals surface area contributed by atoms with E-state index in [1.165, 1.54) is 6.92 Å². The van der Waals surface area contributed by atoms with Crippen molar-refractivity contribution in [1.29, 1.82) is 0 Å². The Kier molecular flexibility index (Phi) is 2.94. The molecular formula is C12H10N4O. The topological polar surface area (TPSA) is 77.9 Å². The van der Waals surface area contributed by atoms with E-state index in [0.29, 0.717) is 11.4 Å². The van der Waals surface area contributed by atoms with Crippen molar-refractivity contribution in [3.8, 4) is 0 Å². The highest BCUT2D eigenvalue weighted by Gasteiger charge is 2.04. The lowest BCUT2D eigenvalue weighted by molar-refractivity contribution is -0.114. The molecule has 2 aromatic carbocycles. The molecule has 2 aromatic rings. The number of fused-ring (bicyclic) bond motifs is 1. The Morgan fingerprint density at radius 3 is 2.82 bits per heavy atom. The lowest BCUT2D eigenvalue weighted by Gasteiger charge is -2.08. The van der Waals surface area contributed by atoms with E-state index in [9.17, 15) is 4.79 Å². The van der Waals surface area contributed by atoms with Gasteiger partial charge in [0, 0.05) is 28.6 Å². The van der Waals surface area contributed by atoms with Crippen LogP contribution in [0.2, 0.25) is 0 Å². The van der Waals surface area contributed by atoms with Gasteiger partial charge in [0.1, 0.15) is 0 Å². The first-order valence-electron chi connectivity index (χ1n) is 5.06. The number of hydrogen-bond donors (Lipinski definition) is 1. The lowest BCUT2D eigenvalue weighted by Crippen LogP contribution is -2.05. The zero-order valence-corrected chi connectivity index (χ0v) is 9.21. The summed E-state index contributed by atoms with van der Waals surface area (Å²) < 4.78 is 0. The van der Waals surface area contributed by atoms with Crippen LogP contribution in [0.25, 0.3) is 21.2 Å². The van der Waals surface area contributed by atoms with Gasteiger partial charge >= 0.3 is 0 Å². The number of nitrogens with one attached hydrogen (secondary N) is 1. The predicted molar refractivity (Wildman–Crippen MR) is 67.1 cm³/mol. The molecule has 0 saturated heterocycles. The molecule has 0 aromatic heterocycles. The average Bonchev–Trinajstić information content (AvgIpc) is 2.29. The standard InChI is InChI=1S/C12H10N4O/c1-8(17)14-12-7-10(15-16-13)6-9-4-2-3-5-11(9)12/h2-7H,1H3,(H,14,17). The van der Waals surface area contributed by atoms with E-state index >= 15 is 0 Å². The van der Waals surface area contributed by atoms with Crippen molar-refractivity contribution in [1.82, 2.24) is 0 Å². The van der Waals surface area contributed by atoms with Crippen LogP contribution in [-0.4, -0.2) is 5.91 Å². The van der Waals surface area contributed by atoms with Crippen molar-refractivity contribution >= 4 is 28.1 Å². The molecule has 2 rings (SSSR count). The number of benzene rings is 2. The van der Waals surface area contributed by atoms with Crippen LogP contribution < -0.4 is 5.32 Å². The maximum Gasteiger partial charge on any atom is 0.221 e. The second-order valence-electron chi connectivity index (χ2n) is 3.59. The summed E-state index contributed by atoms with van der Waals surface area (Å²) in [4.78, 5) is 13.9. The maximum absolute atomic E-state index is 11.1. The van der Waals surface area contributed by atoms with Gasteiger partial charge in [-0.15, -0.1) is 0 Å². The van der Waals surface area contributed by atoms with Crippen LogP contribution in [0.1, 0.15) is 6.92 Å². The zero-order valence-electron chi connectivity index (χ0n) is 9.21. The molecule has 0 atom stereocenters. The second kappa shape index (κ2) is 4.55. The second-order valence-corrected chi connectivity index (χ2v) is 3.59. The monoisotopic (exact) mass is 226 g/mol. The molecule has 0 spiro atoms. The summed E-state index contributed by atoms with van der Waals surface area (Å²) in [5, 5.41) is 8.11. The van der Waals surface area contributed by atoms with E-state index in [1.807, 2.05) is 24.3 Å². The van der Waals surface area contributed by atoms with Crippen molar-refractivity contribution in [3.63, 3.8) is 0 Å². The molecule has 0 fully saturated rings. The summed E-state index contributed by atoms with van der Waals surface area (Å²) >= 11 is 0. The Morgan fingerprint density at radius 1 is 1.35 bits per heavy atom. The number of rotatable bonds is 2. The molecular weight excluding hydrogens is 216 g/mol. The van der Waals surface area contributed by atoms with Crippen molar-refractivity contribution in [3.05, 3.63) is 46.8 Å². The fourth-order valence-corrected chi connectivity index (χ4v) is 1.70. The minimum atomic E-state index is -0.159. The molecule has 0 radical (unpaired) electrons. The molecule has 0 aliphatic carbocycles. The van der Waals surface area contributed by atoms with Crippen LogP contribution in [0.15, 0.2) is 41.5 Å². The molecule has 17 heavy (non-hydrogen) atoms. The van der Waals surface area contributed by atoms with Gasteiger partial charge in [0.25, 0.3) is 0 Å². The Labute approximate surface area is 97.7 Å². The number of carbonyl (C=O) groups excluding carboxylic acids is 1. The normalized spacial score (nSPS) is 9.71. The minimum Gasteiger partial charge on any atom is -0.326 e. The zero-order chi connectivity index (χ0) is 12.3. The molecule has 0 saturated carbocycles. The number of carbonyl (C=O) groups is 1. The molecule has 5 nitrogen and oxygen atoms in total. The fourth-order valence-electron chi connectivity index (χ4n) is 1.70. The summed E-state index contributed by atoms with van der Waals surface area (Å²) in [6.45, 7) is 1.44. The quantitative estimate of drug-likeness (QED) is 0.472. The third-order valence-electron chi connectivity index (χ3n) is 2.32. The Hall–Kier alpha value is -2.52. The first-order valence-corrected chi connectivity index (χ1v) is 5.06. The van der Waals surface area contributed by atoms with Gasteiger partial charge in [0.15, 0.2) is 0 Å². The summed E-state index contributed by atoms with van der Waals surface area (Å²) in [6, 6.07) is 11.0. The Morgan fingerprint density at radius 2 is 2.12 bits per heavy atom. The summed E-state index contributed by atoms with van der Waals surface area (Å²) in [6.07, 6.45) is 0. The van der Waals surface area contributed by atoms with Gasteiger partial charge < -0.3 is 5.32 Å². The number of anilines is 1. The van der Waals surface area contributed by atoms with Crippen LogP contribution in [0, 0.1) is 0 Å². The van der Waals surface area contributed by atoms with Crippen molar-refractivity contribution in [2.75, 3.05) is 5.32 Å². The Balaban J connectivity index is 2.68. The smallest absolute Gasteiger partial charge is 0.221 e. The highest BCUT2D eigenvalue weighted by atomic mass is 16.1. The largest absolute Gasteiger partial charge is 0.326 e. The molecule has 5 heteroatoms. The van der Waals surface area contributed by atoms with Gasteiger partial charge in [-0.1, -0.05) is 29.4 Å². The fraction of sp³-hybridized carbons (Fsp3) is 0.0833. The van der Waals surface area contributed by atoms with Crippen LogP contribution >= 0.6 is 0 Å². The number of azide groups is 1. The van der Waals surface area contributed by atoms with Gasteiger partial charge in [-0.05, 0) is 23.1 Å². The molecule has 0 aliphatic heterocycles. The van der Waals surface area contributed by atoms with Gasteiger partial charge in [-0.2, -0.15) is 0 Å². The number of hydrogen-bond acceptors (Lipinski definition) is 2. The first-order chi connectivity index (χ1) is 8.20. The van der Waals surface area contributed by atoms with E-state index in [-0.39, 0.29) is 5.91 Å². The molecule has 0 bridgehead atoms. The summed E-state index contributed by atoms with van der Waals surface area (Å²) in [5.41, 5.74) is 9.57. The minimum absolute atomic E-state index is 0.159. The van der Waals surface area contributed by atoms with Crippen molar-refractivity contribution in [2.45, 2.75) is 6.92 Å². The molecule has 0 heterocycles. The Bertz CT molecular complexity index is 629. The van der Waals surface area contributed by atoms with Gasteiger partial charge in [0.2, 0.25) is 5.91 Å². The van der Waals surface area contributed by atoms with E-state index in [0.717, 1.165) is 10.8 Å². The SMILES string of the molecule is CC(=O)Nc1cc(N=[N+]=[N-])cc2ccccc12. The average molecular weight is 226 g/mol. The van der Waals surface area contributed by atoms with Crippen LogP contribution in [-0.2, 0) is 4.79 Å². The molecule has 0 aliphatic rings. The van der Waals surface area contributed by atoms with E-state index in [2.05, 4.69) is 15.3 Å². The molecule has 1 amide bonds. The van der Waals surface area contributed by atoms with Crippen molar-refractivity contribution < 1.29 is 4.79 Å². The van der Waals surface area contributed by atoms with Gasteiger partial charge in [0.05, 0.1) is 0 Å². The summed E-state index contributed by atoms with van der Waals surface area (Å²) in [5.74, 6) is -0.159. The van der Waals surface area contributed by atoms with Gasteiger partial charge in [-0.25, -0.2) is 0 Å². The molecule has 1 N–H and O–H groups in total. The highest BCUT2D eigenvalue weighted by Crippen LogP contribution is 2.29. The third kappa shape index (κ3) is 2.35. The third-order valence-corrected chi connectivity index (χ3v) is 2.32. The van der Waals surface area contributed by atoms with E-state index < -0.39 is 0 Å². The highest BCUT2D eigenvalue weighted by molar-refractivity contribution is 6.03. The predicted octanol–water partition coefficient (Wildman–Crippen LogP) is 3.74. The molecule has 84 valence electrons. The van der Waals surface area contributed by atoms with Crippen LogP contribution in [0.5, 0.6) is 0 Å². The summed E-state index contributed by atoms with van der Waals surface area (Å²) in [7, 11) is 0. The van der Waals surface area contributed by atoms with E-state index in [1.54, 1.807) is 12.1 Å².